The van der Waals surface area contributed by atoms with Gasteiger partial charge in [-0.3, -0.25) is 4.79 Å². The smallest absolute Gasteiger partial charge is 0.222 e. The van der Waals surface area contributed by atoms with E-state index in [-0.39, 0.29) is 11.8 Å². The molecular weight excluding hydrogens is 242 g/mol. The highest BCUT2D eigenvalue weighted by Crippen LogP contribution is 2.26. The summed E-state index contributed by atoms with van der Waals surface area (Å²) in [6, 6.07) is 0. The summed E-state index contributed by atoms with van der Waals surface area (Å²) in [6.07, 6.45) is 2.54. The molecule has 1 aliphatic rings. The van der Waals surface area contributed by atoms with E-state index in [4.69, 9.17) is 11.5 Å². The van der Waals surface area contributed by atoms with E-state index in [1.807, 2.05) is 13.8 Å². The lowest BCUT2D eigenvalue weighted by atomic mass is 9.97. The third-order valence-electron chi connectivity index (χ3n) is 3.64. The Hall–Kier alpha value is -1.85. The fourth-order valence-electron chi connectivity index (χ4n) is 2.44. The van der Waals surface area contributed by atoms with Crippen molar-refractivity contribution in [1.82, 2.24) is 9.97 Å². The molecule has 4 N–H and O–H groups in total. The minimum absolute atomic E-state index is 0.102. The number of nitrogen functional groups attached to an aromatic ring is 1. The van der Waals surface area contributed by atoms with Crippen molar-refractivity contribution in [3.05, 3.63) is 11.4 Å². The number of amides is 1. The van der Waals surface area contributed by atoms with E-state index in [9.17, 15) is 4.79 Å². The Labute approximate surface area is 113 Å². The maximum Gasteiger partial charge on any atom is 0.222 e. The first-order valence-electron chi connectivity index (χ1n) is 6.70. The topological polar surface area (TPSA) is 98.1 Å². The van der Waals surface area contributed by atoms with Crippen LogP contribution in [0.4, 0.5) is 11.6 Å². The maximum absolute atomic E-state index is 11.3. The molecule has 1 atom stereocenters. The van der Waals surface area contributed by atoms with Crippen LogP contribution in [0.1, 0.15) is 31.2 Å². The van der Waals surface area contributed by atoms with Gasteiger partial charge < -0.3 is 16.4 Å². The van der Waals surface area contributed by atoms with Gasteiger partial charge in [-0.05, 0) is 19.8 Å². The fourth-order valence-corrected chi connectivity index (χ4v) is 2.44. The molecule has 1 unspecified atom stereocenters. The number of carbonyl (C=O) groups is 1. The molecule has 0 saturated carbocycles. The molecule has 104 valence electrons. The maximum atomic E-state index is 11.3. The zero-order chi connectivity index (χ0) is 14.0. The Morgan fingerprint density at radius 3 is 2.84 bits per heavy atom. The molecular formula is C13H21N5O. The summed E-state index contributed by atoms with van der Waals surface area (Å²) in [5, 5.41) is 0. The van der Waals surface area contributed by atoms with Crippen LogP contribution >= 0.6 is 0 Å². The highest BCUT2D eigenvalue weighted by Gasteiger charge is 2.26. The molecule has 6 nitrogen and oxygen atoms in total. The average molecular weight is 263 g/mol. The molecule has 1 aromatic rings. The summed E-state index contributed by atoms with van der Waals surface area (Å²) in [4.78, 5) is 22.2. The summed E-state index contributed by atoms with van der Waals surface area (Å²) in [7, 11) is 0. The minimum atomic E-state index is -0.236. The largest absolute Gasteiger partial charge is 0.383 e. The van der Waals surface area contributed by atoms with Gasteiger partial charge in [-0.1, -0.05) is 6.92 Å². The lowest BCUT2D eigenvalue weighted by molar-refractivity contribution is -0.122. The number of anilines is 2. The Bertz CT molecular complexity index is 488. The lowest BCUT2D eigenvalue weighted by Gasteiger charge is -2.33. The van der Waals surface area contributed by atoms with E-state index in [2.05, 4.69) is 14.9 Å². The van der Waals surface area contributed by atoms with E-state index in [1.165, 1.54) is 0 Å². The summed E-state index contributed by atoms with van der Waals surface area (Å²) in [5.74, 6) is 1.76. The molecule has 2 heterocycles. The van der Waals surface area contributed by atoms with Crippen molar-refractivity contribution in [2.75, 3.05) is 23.7 Å². The summed E-state index contributed by atoms with van der Waals surface area (Å²) < 4.78 is 0. The second-order valence-electron chi connectivity index (χ2n) is 5.01. The van der Waals surface area contributed by atoms with Crippen LogP contribution in [-0.2, 0) is 11.2 Å². The molecule has 0 radical (unpaired) electrons. The Balaban J connectivity index is 2.30. The van der Waals surface area contributed by atoms with Gasteiger partial charge in [-0.25, -0.2) is 9.97 Å². The Morgan fingerprint density at radius 2 is 2.21 bits per heavy atom. The number of carbonyl (C=O) groups excluding carboxylic acids is 1. The summed E-state index contributed by atoms with van der Waals surface area (Å²) in [5.41, 5.74) is 12.2. The zero-order valence-corrected chi connectivity index (χ0v) is 11.5. The normalized spacial score (nSPS) is 19.5. The van der Waals surface area contributed by atoms with Crippen molar-refractivity contribution >= 4 is 17.5 Å². The highest BCUT2D eigenvalue weighted by molar-refractivity contribution is 5.77. The second kappa shape index (κ2) is 5.42. The van der Waals surface area contributed by atoms with Crippen molar-refractivity contribution in [3.8, 4) is 0 Å². The number of aryl methyl sites for hydroxylation is 1. The summed E-state index contributed by atoms with van der Waals surface area (Å²) in [6.45, 7) is 5.41. The van der Waals surface area contributed by atoms with Crippen molar-refractivity contribution in [3.63, 3.8) is 0 Å². The van der Waals surface area contributed by atoms with Crippen LogP contribution in [0.25, 0.3) is 0 Å². The first kappa shape index (κ1) is 13.6. The predicted octanol–water partition coefficient (Wildman–Crippen LogP) is 0.631. The molecule has 0 aromatic carbocycles. The number of hydrogen-bond donors (Lipinski definition) is 2. The van der Waals surface area contributed by atoms with Crippen LogP contribution in [-0.4, -0.2) is 29.0 Å². The fraction of sp³-hybridized carbons (Fsp3) is 0.615. The molecule has 1 fully saturated rings. The predicted molar refractivity (Wildman–Crippen MR) is 74.7 cm³/mol. The van der Waals surface area contributed by atoms with Gasteiger partial charge in [0.2, 0.25) is 5.91 Å². The zero-order valence-electron chi connectivity index (χ0n) is 11.5. The molecule has 1 saturated heterocycles. The number of rotatable bonds is 3. The molecule has 2 rings (SSSR count). The minimum Gasteiger partial charge on any atom is -0.383 e. The second-order valence-corrected chi connectivity index (χ2v) is 5.01. The van der Waals surface area contributed by atoms with Gasteiger partial charge in [-0.15, -0.1) is 0 Å². The van der Waals surface area contributed by atoms with E-state index < -0.39 is 0 Å². The van der Waals surface area contributed by atoms with Crippen LogP contribution < -0.4 is 16.4 Å². The standard InChI is InChI=1S/C13H21N5O/c1-3-10-16-11(14)8(2)13(17-10)18-6-4-5-9(7-18)12(15)19/h9H,3-7H2,1-2H3,(H2,15,19)(H2,14,16,17). The SMILES string of the molecule is CCc1nc(N)c(C)c(N2CCCC(C(N)=O)C2)n1. The Kier molecular flexibility index (Phi) is 3.87. The number of nitrogens with two attached hydrogens (primary N) is 2. The first-order valence-corrected chi connectivity index (χ1v) is 6.70. The van der Waals surface area contributed by atoms with E-state index >= 15 is 0 Å². The van der Waals surface area contributed by atoms with E-state index in [0.29, 0.717) is 12.4 Å². The number of nitrogens with zero attached hydrogens (tertiary/aromatic N) is 3. The first-order chi connectivity index (χ1) is 9.02. The molecule has 1 aromatic heterocycles. The average Bonchev–Trinajstić information content (AvgIpc) is 2.41. The molecule has 0 spiro atoms. The van der Waals surface area contributed by atoms with Crippen LogP contribution in [0.5, 0.6) is 0 Å². The molecule has 1 aliphatic heterocycles. The molecule has 6 heteroatoms. The lowest BCUT2D eigenvalue weighted by Crippen LogP contribution is -2.42. The van der Waals surface area contributed by atoms with E-state index in [1.54, 1.807) is 0 Å². The van der Waals surface area contributed by atoms with Gasteiger partial charge in [0.05, 0.1) is 5.92 Å². The number of primary amides is 1. The number of hydrogen-bond acceptors (Lipinski definition) is 5. The van der Waals surface area contributed by atoms with Crippen LogP contribution in [0.2, 0.25) is 0 Å². The Morgan fingerprint density at radius 1 is 1.47 bits per heavy atom. The van der Waals surface area contributed by atoms with Crippen molar-refractivity contribution < 1.29 is 4.79 Å². The quantitative estimate of drug-likeness (QED) is 0.833. The van der Waals surface area contributed by atoms with Gasteiger partial charge in [0.15, 0.2) is 0 Å². The van der Waals surface area contributed by atoms with Crippen LogP contribution in [0, 0.1) is 12.8 Å². The molecule has 19 heavy (non-hydrogen) atoms. The van der Waals surface area contributed by atoms with Crippen molar-refractivity contribution in [2.24, 2.45) is 11.7 Å². The molecule has 0 aliphatic carbocycles. The van der Waals surface area contributed by atoms with Gasteiger partial charge in [0.25, 0.3) is 0 Å². The number of piperidine rings is 1. The van der Waals surface area contributed by atoms with Crippen LogP contribution in [0.3, 0.4) is 0 Å². The van der Waals surface area contributed by atoms with Gasteiger partial charge in [-0.2, -0.15) is 0 Å². The monoisotopic (exact) mass is 263 g/mol. The van der Waals surface area contributed by atoms with Gasteiger partial charge in [0.1, 0.15) is 17.5 Å². The van der Waals surface area contributed by atoms with Crippen molar-refractivity contribution in [2.45, 2.75) is 33.1 Å². The van der Waals surface area contributed by atoms with Gasteiger partial charge >= 0.3 is 0 Å². The summed E-state index contributed by atoms with van der Waals surface area (Å²) >= 11 is 0. The highest BCUT2D eigenvalue weighted by atomic mass is 16.1. The van der Waals surface area contributed by atoms with E-state index in [0.717, 1.165) is 43.0 Å². The van der Waals surface area contributed by atoms with Crippen LogP contribution in [0.15, 0.2) is 0 Å². The van der Waals surface area contributed by atoms with Gasteiger partial charge in [0, 0.05) is 25.1 Å². The third-order valence-corrected chi connectivity index (χ3v) is 3.64. The molecule has 0 bridgehead atoms. The third kappa shape index (κ3) is 2.77. The molecule has 1 amide bonds. The van der Waals surface area contributed by atoms with Crippen molar-refractivity contribution in [1.29, 1.82) is 0 Å². The number of aromatic nitrogens is 2.